The first-order valence-corrected chi connectivity index (χ1v) is 5.59. The molecular weight excluding hydrogens is 311 g/mol. The van der Waals surface area contributed by atoms with Crippen LogP contribution >= 0.6 is 27.5 Å². The van der Waals surface area contributed by atoms with Crippen LogP contribution in [0, 0.1) is 0 Å². The van der Waals surface area contributed by atoms with Crippen LogP contribution in [-0.2, 0) is 0 Å². The van der Waals surface area contributed by atoms with Gasteiger partial charge in [0.15, 0.2) is 0 Å². The van der Waals surface area contributed by atoms with E-state index in [1.54, 1.807) is 18.2 Å². The molecule has 2 rings (SSSR count). The minimum absolute atomic E-state index is 0.0624. The molecule has 1 aromatic heterocycles. The zero-order valence-corrected chi connectivity index (χ0v) is 10.6. The van der Waals surface area contributed by atoms with Gasteiger partial charge < -0.3 is 11.1 Å². The van der Waals surface area contributed by atoms with Crippen LogP contribution < -0.4 is 11.1 Å². The highest BCUT2D eigenvalue weighted by molar-refractivity contribution is 9.10. The number of rotatable bonds is 2. The topological polar surface area (TPSA) is 94.0 Å². The molecule has 0 aliphatic carbocycles. The fraction of sp³-hybridized carbons (Fsp3) is 0. The van der Waals surface area contributed by atoms with Crippen LogP contribution in [0.5, 0.6) is 0 Å². The Morgan fingerprint density at radius 1 is 1.47 bits per heavy atom. The summed E-state index contributed by atoms with van der Waals surface area (Å²) in [6.45, 7) is 0. The molecule has 1 amide bonds. The van der Waals surface area contributed by atoms with E-state index >= 15 is 0 Å². The van der Waals surface area contributed by atoms with E-state index in [-0.39, 0.29) is 11.5 Å². The lowest BCUT2D eigenvalue weighted by Gasteiger charge is -2.05. The number of hydrogen-bond donors (Lipinski definition) is 2. The molecule has 17 heavy (non-hydrogen) atoms. The molecule has 8 heteroatoms. The van der Waals surface area contributed by atoms with Gasteiger partial charge in [0.05, 0.1) is 5.69 Å². The van der Waals surface area contributed by atoms with Gasteiger partial charge in [0.25, 0.3) is 5.91 Å². The van der Waals surface area contributed by atoms with Gasteiger partial charge >= 0.3 is 0 Å². The molecule has 0 saturated heterocycles. The highest BCUT2D eigenvalue weighted by atomic mass is 79.9. The summed E-state index contributed by atoms with van der Waals surface area (Å²) in [6.07, 6.45) is 0. The molecule has 88 valence electrons. The molecule has 0 aliphatic heterocycles. The predicted octanol–water partition coefficient (Wildman–Crippen LogP) is 2.32. The number of hydrogen-bond acceptors (Lipinski definition) is 5. The van der Waals surface area contributed by atoms with Crippen molar-refractivity contribution in [3.63, 3.8) is 0 Å². The van der Waals surface area contributed by atoms with Crippen molar-refractivity contribution in [1.82, 2.24) is 10.3 Å². The lowest BCUT2D eigenvalue weighted by Crippen LogP contribution is -2.14. The average Bonchev–Trinajstić information content (AvgIpc) is 2.68. The van der Waals surface area contributed by atoms with Crippen LogP contribution in [0.4, 0.5) is 11.5 Å². The van der Waals surface area contributed by atoms with Gasteiger partial charge in [-0.05, 0) is 44.4 Å². The number of nitrogen functional groups attached to an aromatic ring is 1. The van der Waals surface area contributed by atoms with Crippen LogP contribution in [0.25, 0.3) is 0 Å². The number of amides is 1. The molecule has 2 aromatic rings. The van der Waals surface area contributed by atoms with Crippen LogP contribution in [0.15, 0.2) is 27.3 Å². The van der Waals surface area contributed by atoms with Gasteiger partial charge in [0.1, 0.15) is 0 Å². The van der Waals surface area contributed by atoms with E-state index in [2.05, 4.69) is 36.2 Å². The SMILES string of the molecule is Nc1nonc1C(=O)Nc1ccc(Cl)cc1Br. The molecule has 0 aliphatic rings. The normalized spacial score (nSPS) is 10.2. The summed E-state index contributed by atoms with van der Waals surface area (Å²) in [5.74, 6) is -0.570. The Morgan fingerprint density at radius 3 is 2.82 bits per heavy atom. The number of nitrogens with two attached hydrogens (primary N) is 1. The highest BCUT2D eigenvalue weighted by Crippen LogP contribution is 2.26. The summed E-state index contributed by atoms with van der Waals surface area (Å²) in [4.78, 5) is 11.7. The Balaban J connectivity index is 2.22. The van der Waals surface area contributed by atoms with Gasteiger partial charge in [0.2, 0.25) is 11.5 Å². The molecule has 0 saturated carbocycles. The van der Waals surface area contributed by atoms with Gasteiger partial charge in [-0.1, -0.05) is 11.6 Å². The van der Waals surface area contributed by atoms with Crippen molar-refractivity contribution in [1.29, 1.82) is 0 Å². The van der Waals surface area contributed by atoms with E-state index in [4.69, 9.17) is 17.3 Å². The first-order valence-electron chi connectivity index (χ1n) is 4.42. The Kier molecular flexibility index (Phi) is 3.30. The maximum atomic E-state index is 11.7. The number of nitrogens with one attached hydrogen (secondary N) is 1. The van der Waals surface area contributed by atoms with Crippen LogP contribution in [0.3, 0.4) is 0 Å². The van der Waals surface area contributed by atoms with Gasteiger partial charge in [-0.15, -0.1) is 0 Å². The number of anilines is 2. The molecule has 1 aromatic carbocycles. The fourth-order valence-corrected chi connectivity index (χ4v) is 1.91. The Bertz CT molecular complexity index is 572. The molecule has 0 spiro atoms. The molecule has 3 N–H and O–H groups in total. The van der Waals surface area contributed by atoms with Crippen LogP contribution in [0.2, 0.25) is 5.02 Å². The largest absolute Gasteiger partial charge is 0.379 e. The maximum absolute atomic E-state index is 11.7. The number of benzene rings is 1. The molecule has 0 atom stereocenters. The Morgan fingerprint density at radius 2 is 2.24 bits per heavy atom. The summed E-state index contributed by atoms with van der Waals surface area (Å²) in [5, 5.41) is 9.86. The monoisotopic (exact) mass is 316 g/mol. The van der Waals surface area contributed by atoms with Crippen molar-refractivity contribution in [3.8, 4) is 0 Å². The second-order valence-corrected chi connectivity index (χ2v) is 4.37. The summed E-state index contributed by atoms with van der Waals surface area (Å²) < 4.78 is 4.98. The van der Waals surface area contributed by atoms with Crippen LogP contribution in [0.1, 0.15) is 10.5 Å². The van der Waals surface area contributed by atoms with Gasteiger partial charge in [-0.25, -0.2) is 4.63 Å². The molecule has 0 fully saturated rings. The highest BCUT2D eigenvalue weighted by Gasteiger charge is 2.16. The second kappa shape index (κ2) is 4.72. The average molecular weight is 318 g/mol. The van der Waals surface area contributed by atoms with Crippen molar-refractivity contribution in [2.75, 3.05) is 11.1 Å². The van der Waals surface area contributed by atoms with E-state index in [0.717, 1.165) is 0 Å². The number of carbonyl (C=O) groups excluding carboxylic acids is 1. The molecule has 6 nitrogen and oxygen atoms in total. The summed E-state index contributed by atoms with van der Waals surface area (Å²) in [6, 6.07) is 4.95. The zero-order valence-electron chi connectivity index (χ0n) is 8.28. The maximum Gasteiger partial charge on any atom is 0.281 e. The number of aromatic nitrogens is 2. The van der Waals surface area contributed by atoms with E-state index in [0.29, 0.717) is 15.2 Å². The van der Waals surface area contributed by atoms with Crippen molar-refractivity contribution in [2.45, 2.75) is 0 Å². The fourth-order valence-electron chi connectivity index (χ4n) is 1.13. The number of halogens is 2. The third-order valence-electron chi connectivity index (χ3n) is 1.91. The van der Waals surface area contributed by atoms with E-state index in [9.17, 15) is 4.79 Å². The lowest BCUT2D eigenvalue weighted by molar-refractivity contribution is 0.101. The quantitative estimate of drug-likeness (QED) is 0.886. The Labute approximate surface area is 109 Å². The zero-order chi connectivity index (χ0) is 12.4. The summed E-state index contributed by atoms with van der Waals surface area (Å²) in [5.41, 5.74) is 5.88. The van der Waals surface area contributed by atoms with Gasteiger partial charge in [-0.2, -0.15) is 0 Å². The minimum Gasteiger partial charge on any atom is -0.379 e. The molecular formula is C9H6BrClN4O2. The van der Waals surface area contributed by atoms with Crippen molar-refractivity contribution < 1.29 is 9.42 Å². The molecule has 0 bridgehead atoms. The third-order valence-corrected chi connectivity index (χ3v) is 2.80. The lowest BCUT2D eigenvalue weighted by atomic mass is 10.3. The summed E-state index contributed by atoms with van der Waals surface area (Å²) in [7, 11) is 0. The summed E-state index contributed by atoms with van der Waals surface area (Å²) >= 11 is 9.05. The Hall–Kier alpha value is -1.60. The van der Waals surface area contributed by atoms with Crippen molar-refractivity contribution >= 4 is 44.9 Å². The van der Waals surface area contributed by atoms with Gasteiger partial charge in [0, 0.05) is 9.50 Å². The first kappa shape index (κ1) is 11.9. The number of carbonyl (C=O) groups is 1. The van der Waals surface area contributed by atoms with E-state index < -0.39 is 5.91 Å². The second-order valence-electron chi connectivity index (χ2n) is 3.08. The van der Waals surface area contributed by atoms with Crippen molar-refractivity contribution in [2.24, 2.45) is 0 Å². The number of nitrogens with zero attached hydrogens (tertiary/aromatic N) is 2. The molecule has 0 unspecified atom stereocenters. The minimum atomic E-state index is -0.508. The first-order chi connectivity index (χ1) is 8.08. The van der Waals surface area contributed by atoms with Crippen molar-refractivity contribution in [3.05, 3.63) is 33.4 Å². The third kappa shape index (κ3) is 2.56. The predicted molar refractivity (Wildman–Crippen MR) is 65.8 cm³/mol. The van der Waals surface area contributed by atoms with E-state index in [1.165, 1.54) is 0 Å². The smallest absolute Gasteiger partial charge is 0.281 e. The standard InChI is InChI=1S/C9H6BrClN4O2/c10-5-3-4(11)1-2-6(5)13-9(16)7-8(12)15-17-14-7/h1-3H,(H2,12,15)(H,13,16). The van der Waals surface area contributed by atoms with Crippen LogP contribution in [-0.4, -0.2) is 16.2 Å². The molecule has 0 radical (unpaired) electrons. The van der Waals surface area contributed by atoms with Gasteiger partial charge in [-0.3, -0.25) is 4.79 Å². The molecule has 1 heterocycles. The van der Waals surface area contributed by atoms with E-state index in [1.807, 2.05) is 0 Å².